The van der Waals surface area contributed by atoms with E-state index in [2.05, 4.69) is 36.2 Å². The quantitative estimate of drug-likeness (QED) is 0.479. The third kappa shape index (κ3) is 5.76. The minimum absolute atomic E-state index is 0.00363. The lowest BCUT2D eigenvalue weighted by Gasteiger charge is -2.19. The van der Waals surface area contributed by atoms with E-state index in [1.807, 2.05) is 12.1 Å². The van der Waals surface area contributed by atoms with Gasteiger partial charge in [0.25, 0.3) is 0 Å². The second kappa shape index (κ2) is 10.3. The minimum Gasteiger partial charge on any atom is -0.442 e. The number of nitrogens with zero attached hydrogens (tertiary/aromatic N) is 4. The number of hydrogen-bond donors (Lipinski definition) is 1. The molecule has 1 aromatic heterocycles. The van der Waals surface area contributed by atoms with Gasteiger partial charge in [0.05, 0.1) is 18.8 Å². The van der Waals surface area contributed by atoms with Gasteiger partial charge in [0.2, 0.25) is 5.91 Å². The molecule has 0 radical (unpaired) electrons. The zero-order valence-corrected chi connectivity index (χ0v) is 20.4. The van der Waals surface area contributed by atoms with Gasteiger partial charge in [-0.25, -0.2) is 18.9 Å². The van der Waals surface area contributed by atoms with Crippen LogP contribution in [0.15, 0.2) is 55.1 Å². The van der Waals surface area contributed by atoms with Crippen LogP contribution in [0.2, 0.25) is 0 Å². The zero-order valence-electron chi connectivity index (χ0n) is 20.4. The van der Waals surface area contributed by atoms with Crippen LogP contribution in [0.1, 0.15) is 49.5 Å². The second-order valence-corrected chi connectivity index (χ2v) is 9.65. The summed E-state index contributed by atoms with van der Waals surface area (Å²) in [5.41, 5.74) is 2.23. The maximum atomic E-state index is 14.5. The third-order valence-corrected chi connectivity index (χ3v) is 5.96. The van der Waals surface area contributed by atoms with Gasteiger partial charge in [-0.3, -0.25) is 14.5 Å². The number of hydrogen-bond acceptors (Lipinski definition) is 6. The summed E-state index contributed by atoms with van der Waals surface area (Å²) in [5.74, 6) is -0.992. The number of ketones is 1. The first-order valence-electron chi connectivity index (χ1n) is 11.6. The summed E-state index contributed by atoms with van der Waals surface area (Å²) >= 11 is 0. The molecule has 0 bridgehead atoms. The number of aromatic nitrogens is 3. The Morgan fingerprint density at radius 2 is 1.89 bits per heavy atom. The summed E-state index contributed by atoms with van der Waals surface area (Å²) in [6.07, 6.45) is 1.55. The fraction of sp³-hybridized carbons (Fsp3) is 0.346. The Kier molecular flexibility index (Phi) is 7.14. The molecule has 10 heteroatoms. The molecule has 2 amide bonds. The van der Waals surface area contributed by atoms with E-state index in [0.29, 0.717) is 11.3 Å². The Balaban J connectivity index is 1.25. The molecule has 0 unspecified atom stereocenters. The number of ether oxygens (including phenoxy) is 1. The highest BCUT2D eigenvalue weighted by Crippen LogP contribution is 2.25. The van der Waals surface area contributed by atoms with Crippen LogP contribution >= 0.6 is 0 Å². The van der Waals surface area contributed by atoms with Crippen molar-refractivity contribution < 1.29 is 23.5 Å². The summed E-state index contributed by atoms with van der Waals surface area (Å²) in [5, 5.41) is 6.60. The molecule has 0 spiro atoms. The first-order valence-corrected chi connectivity index (χ1v) is 11.6. The smallest absolute Gasteiger partial charge is 0.414 e. The van der Waals surface area contributed by atoms with Crippen LogP contribution in [0.3, 0.4) is 0 Å². The first-order chi connectivity index (χ1) is 17.1. The second-order valence-electron chi connectivity index (χ2n) is 9.65. The van der Waals surface area contributed by atoms with Gasteiger partial charge >= 0.3 is 6.09 Å². The number of cyclic esters (lactones) is 1. The Hall–Kier alpha value is -4.08. The van der Waals surface area contributed by atoms with Crippen LogP contribution in [0.5, 0.6) is 0 Å². The zero-order chi connectivity index (χ0) is 25.9. The predicted octanol–water partition coefficient (Wildman–Crippen LogP) is 3.81. The van der Waals surface area contributed by atoms with Crippen molar-refractivity contribution in [1.29, 1.82) is 0 Å². The molecule has 4 rings (SSSR count). The molecule has 9 nitrogen and oxygen atoms in total. The monoisotopic (exact) mass is 493 g/mol. The lowest BCUT2D eigenvalue weighted by Crippen LogP contribution is -2.34. The molecule has 0 aliphatic carbocycles. The molecule has 1 N–H and O–H groups in total. The number of carbonyl (C=O) groups excluding carboxylic acids is 3. The van der Waals surface area contributed by atoms with E-state index in [-0.39, 0.29) is 48.7 Å². The van der Waals surface area contributed by atoms with Crippen molar-refractivity contribution in [2.75, 3.05) is 18.0 Å². The molecule has 3 aromatic rings. The van der Waals surface area contributed by atoms with Gasteiger partial charge in [0, 0.05) is 18.4 Å². The largest absolute Gasteiger partial charge is 0.442 e. The number of anilines is 1. The summed E-state index contributed by atoms with van der Waals surface area (Å²) in [7, 11) is 0. The van der Waals surface area contributed by atoms with Gasteiger partial charge in [0.1, 0.15) is 24.4 Å². The SMILES string of the molecule is CC(C)(C)c1ccc(C(=O)CCC(=O)NC[C@H]2CN(c3ccc(-n4cncn4)c(F)c3)C(=O)O2)cc1. The van der Waals surface area contributed by atoms with Gasteiger partial charge in [0.15, 0.2) is 11.6 Å². The highest BCUT2D eigenvalue weighted by molar-refractivity contribution is 5.98. The third-order valence-electron chi connectivity index (χ3n) is 5.96. The Bertz CT molecular complexity index is 1250. The fourth-order valence-electron chi connectivity index (χ4n) is 3.86. The van der Waals surface area contributed by atoms with Gasteiger partial charge in [-0.05, 0) is 29.2 Å². The average Bonchev–Trinajstić information content (AvgIpc) is 3.50. The summed E-state index contributed by atoms with van der Waals surface area (Å²) < 4.78 is 21.1. The molecule has 2 aromatic carbocycles. The molecule has 188 valence electrons. The normalized spacial score (nSPS) is 15.6. The van der Waals surface area contributed by atoms with Crippen LogP contribution in [-0.2, 0) is 14.9 Å². The highest BCUT2D eigenvalue weighted by atomic mass is 19.1. The highest BCUT2D eigenvalue weighted by Gasteiger charge is 2.33. The molecule has 1 saturated heterocycles. The van der Waals surface area contributed by atoms with Crippen LogP contribution in [0.4, 0.5) is 14.9 Å². The van der Waals surface area contributed by atoms with Crippen LogP contribution in [0, 0.1) is 5.82 Å². The number of benzene rings is 2. The lowest BCUT2D eigenvalue weighted by atomic mass is 9.86. The molecule has 1 atom stereocenters. The van der Waals surface area contributed by atoms with Crippen molar-refractivity contribution >= 4 is 23.5 Å². The van der Waals surface area contributed by atoms with Crippen LogP contribution in [0.25, 0.3) is 5.69 Å². The molecule has 0 saturated carbocycles. The number of carbonyl (C=O) groups is 3. The molecule has 1 aliphatic rings. The van der Waals surface area contributed by atoms with E-state index in [1.165, 1.54) is 34.4 Å². The van der Waals surface area contributed by atoms with E-state index >= 15 is 0 Å². The maximum Gasteiger partial charge on any atom is 0.414 e. The van der Waals surface area contributed by atoms with Gasteiger partial charge < -0.3 is 10.1 Å². The number of rotatable bonds is 8. The predicted molar refractivity (Wildman–Crippen MR) is 131 cm³/mol. The summed E-state index contributed by atoms with van der Waals surface area (Å²) in [6.45, 7) is 6.55. The summed E-state index contributed by atoms with van der Waals surface area (Å²) in [4.78, 5) is 42.1. The van der Waals surface area contributed by atoms with Crippen molar-refractivity contribution in [3.63, 3.8) is 0 Å². The van der Waals surface area contributed by atoms with Crippen molar-refractivity contribution in [1.82, 2.24) is 20.1 Å². The van der Waals surface area contributed by atoms with Crippen molar-refractivity contribution in [2.45, 2.75) is 45.1 Å². The molecule has 1 aliphatic heterocycles. The Morgan fingerprint density at radius 3 is 2.53 bits per heavy atom. The van der Waals surface area contributed by atoms with Gasteiger partial charge in [-0.1, -0.05) is 45.0 Å². The number of Topliss-reactive ketones (excluding diaryl/α,β-unsaturated/α-hetero) is 1. The van der Waals surface area contributed by atoms with E-state index in [0.717, 1.165) is 5.56 Å². The van der Waals surface area contributed by atoms with Gasteiger partial charge in [-0.15, -0.1) is 0 Å². The molecular weight excluding hydrogens is 465 g/mol. The van der Waals surface area contributed by atoms with E-state index < -0.39 is 18.0 Å². The minimum atomic E-state index is -0.629. The molecule has 1 fully saturated rings. The molecular formula is C26H28FN5O4. The molecule has 36 heavy (non-hydrogen) atoms. The van der Waals surface area contributed by atoms with Gasteiger partial charge in [-0.2, -0.15) is 5.10 Å². The van der Waals surface area contributed by atoms with Crippen molar-refractivity contribution in [3.05, 3.63) is 72.1 Å². The van der Waals surface area contributed by atoms with Crippen LogP contribution < -0.4 is 10.2 Å². The maximum absolute atomic E-state index is 14.5. The standard InChI is InChI=1S/C26H28FN5O4/c1-26(2,3)18-6-4-17(5-7-18)23(33)10-11-24(34)29-13-20-14-31(25(35)36-20)19-8-9-22(21(27)12-19)32-16-28-15-30-32/h4-9,12,15-16,20H,10-11,13-14H2,1-3H3,(H,29,34)/t20-/m0/s1. The van der Waals surface area contributed by atoms with E-state index in [4.69, 9.17) is 4.74 Å². The Labute approximate surface area is 208 Å². The number of nitrogens with one attached hydrogen (secondary N) is 1. The Morgan fingerprint density at radius 1 is 1.14 bits per heavy atom. The van der Waals surface area contributed by atoms with Crippen LogP contribution in [-0.4, -0.2) is 51.7 Å². The van der Waals surface area contributed by atoms with Crippen molar-refractivity contribution in [2.24, 2.45) is 0 Å². The van der Waals surface area contributed by atoms with Crippen molar-refractivity contribution in [3.8, 4) is 5.69 Å². The fourth-order valence-corrected chi connectivity index (χ4v) is 3.86. The lowest BCUT2D eigenvalue weighted by molar-refractivity contribution is -0.121. The number of amides is 2. The topological polar surface area (TPSA) is 106 Å². The molecule has 2 heterocycles. The van der Waals surface area contributed by atoms with E-state index in [9.17, 15) is 18.8 Å². The summed E-state index contributed by atoms with van der Waals surface area (Å²) in [6, 6.07) is 11.7. The first kappa shape index (κ1) is 25.0. The number of halogens is 1. The van der Waals surface area contributed by atoms with E-state index in [1.54, 1.807) is 18.2 Å². The average molecular weight is 494 g/mol.